The van der Waals surface area contributed by atoms with E-state index in [9.17, 15) is 14.6 Å². The molecule has 1 atom stereocenters. The zero-order valence-electron chi connectivity index (χ0n) is 14.7. The molecule has 0 saturated carbocycles. The first-order valence-electron chi connectivity index (χ1n) is 8.76. The lowest BCUT2D eigenvalue weighted by Gasteiger charge is -2.05. The van der Waals surface area contributed by atoms with E-state index < -0.39 is 5.82 Å². The minimum atomic E-state index is -0.652. The molecule has 3 nitrogen and oxygen atoms in total. The van der Waals surface area contributed by atoms with Crippen LogP contribution in [0.25, 0.3) is 28.1 Å². The number of aromatic hydroxyl groups is 1. The summed E-state index contributed by atoms with van der Waals surface area (Å²) < 4.78 is 13.5. The first kappa shape index (κ1) is 18.1. The zero-order valence-corrected chi connectivity index (χ0v) is 14.7. The number of aliphatic hydroxyl groups excluding tert-OH is 1. The normalized spacial score (nSPS) is 12.7. The summed E-state index contributed by atoms with van der Waals surface area (Å²) in [6.45, 7) is 1.81. The minimum absolute atomic E-state index is 0.244. The van der Waals surface area contributed by atoms with E-state index in [4.69, 9.17) is 0 Å². The lowest BCUT2D eigenvalue weighted by molar-refractivity contribution is 0.182. The number of aromatic nitrogens is 1. The van der Waals surface area contributed by atoms with E-state index in [0.717, 1.165) is 35.6 Å². The van der Waals surface area contributed by atoms with Crippen LogP contribution in [0, 0.1) is 5.82 Å². The lowest BCUT2D eigenvalue weighted by atomic mass is 10.0. The van der Waals surface area contributed by atoms with Crippen LogP contribution in [0.4, 0.5) is 4.39 Å². The Bertz CT molecular complexity index is 935. The van der Waals surface area contributed by atoms with Crippen LogP contribution >= 0.6 is 0 Å². The van der Waals surface area contributed by atoms with Crippen molar-refractivity contribution < 1.29 is 14.6 Å². The number of halogens is 1. The summed E-state index contributed by atoms with van der Waals surface area (Å²) in [5, 5.41) is 20.6. The summed E-state index contributed by atoms with van der Waals surface area (Å²) in [5.74, 6) is -1.01. The summed E-state index contributed by atoms with van der Waals surface area (Å²) in [6.07, 6.45) is 8.44. The van der Waals surface area contributed by atoms with E-state index in [1.165, 1.54) is 12.1 Å². The van der Waals surface area contributed by atoms with E-state index in [1.807, 2.05) is 18.2 Å². The van der Waals surface area contributed by atoms with Gasteiger partial charge in [0, 0.05) is 17.1 Å². The second kappa shape index (κ2) is 8.11. The van der Waals surface area contributed by atoms with Crippen molar-refractivity contribution in [1.82, 2.24) is 4.98 Å². The molecular formula is C22H22FNO2. The number of fused-ring (bicyclic) bond motifs is 1. The molecular weight excluding hydrogens is 329 g/mol. The maximum atomic E-state index is 13.5. The fourth-order valence-corrected chi connectivity index (χ4v) is 2.84. The zero-order chi connectivity index (χ0) is 18.5. The molecule has 3 aromatic rings. The monoisotopic (exact) mass is 351 g/mol. The summed E-state index contributed by atoms with van der Waals surface area (Å²) in [4.78, 5) is 4.42. The Morgan fingerprint density at radius 2 is 1.96 bits per heavy atom. The van der Waals surface area contributed by atoms with E-state index in [2.05, 4.69) is 23.2 Å². The molecule has 26 heavy (non-hydrogen) atoms. The molecule has 3 rings (SSSR count). The third kappa shape index (κ3) is 4.46. The maximum absolute atomic E-state index is 13.5. The second-order valence-corrected chi connectivity index (χ2v) is 6.52. The quantitative estimate of drug-likeness (QED) is 0.592. The average molecular weight is 351 g/mol. The Balaban J connectivity index is 1.77. The number of nitrogens with zero attached hydrogens (tertiary/aromatic N) is 1. The summed E-state index contributed by atoms with van der Waals surface area (Å²) in [6, 6.07) is 12.3. The molecule has 1 aromatic heterocycles. The van der Waals surface area contributed by atoms with Crippen molar-refractivity contribution in [1.29, 1.82) is 0 Å². The number of hydrogen-bond donors (Lipinski definition) is 2. The van der Waals surface area contributed by atoms with Gasteiger partial charge < -0.3 is 10.2 Å². The number of aliphatic hydroxyl groups is 1. The van der Waals surface area contributed by atoms with Gasteiger partial charge in [-0.15, -0.1) is 0 Å². The maximum Gasteiger partial charge on any atom is 0.165 e. The van der Waals surface area contributed by atoms with Crippen molar-refractivity contribution in [3.8, 4) is 17.0 Å². The molecule has 0 fully saturated rings. The first-order chi connectivity index (χ1) is 12.5. The molecule has 0 amide bonds. The Hall–Kier alpha value is -2.72. The van der Waals surface area contributed by atoms with Crippen LogP contribution in [-0.2, 0) is 0 Å². The lowest BCUT2D eigenvalue weighted by Crippen LogP contribution is -1.97. The smallest absolute Gasteiger partial charge is 0.165 e. The molecule has 1 unspecified atom stereocenters. The Labute approximate surface area is 152 Å². The van der Waals surface area contributed by atoms with Gasteiger partial charge in [-0.05, 0) is 67.5 Å². The number of hydrogen-bond acceptors (Lipinski definition) is 3. The molecule has 0 aliphatic heterocycles. The summed E-state index contributed by atoms with van der Waals surface area (Å²) in [7, 11) is 0. The topological polar surface area (TPSA) is 53.4 Å². The van der Waals surface area contributed by atoms with E-state index in [-0.39, 0.29) is 11.9 Å². The second-order valence-electron chi connectivity index (χ2n) is 6.52. The minimum Gasteiger partial charge on any atom is -0.505 e. The predicted octanol–water partition coefficient (Wildman–Crippen LogP) is 5.31. The molecule has 0 spiro atoms. The van der Waals surface area contributed by atoms with Gasteiger partial charge in [0.2, 0.25) is 0 Å². The molecule has 2 aromatic carbocycles. The van der Waals surface area contributed by atoms with Crippen LogP contribution in [-0.4, -0.2) is 21.3 Å². The van der Waals surface area contributed by atoms with Gasteiger partial charge in [0.05, 0.1) is 11.8 Å². The fraction of sp³-hybridized carbons (Fsp3) is 0.227. The van der Waals surface area contributed by atoms with Gasteiger partial charge in [-0.1, -0.05) is 24.3 Å². The van der Waals surface area contributed by atoms with Gasteiger partial charge in [0.15, 0.2) is 11.6 Å². The highest BCUT2D eigenvalue weighted by Crippen LogP contribution is 2.26. The van der Waals surface area contributed by atoms with Crippen LogP contribution in [0.3, 0.4) is 0 Å². The van der Waals surface area contributed by atoms with E-state index >= 15 is 0 Å². The molecule has 0 bridgehead atoms. The standard InChI is InChI=1S/C22H22FNO2/c1-15(25)5-3-2-4-6-16-7-8-17-13-21(24-14-19(17)11-16)18-9-10-22(26)20(23)12-18/h4,6-15,25-26H,2-3,5H2,1H3/b6-4+. The van der Waals surface area contributed by atoms with Gasteiger partial charge >= 0.3 is 0 Å². The molecule has 1 heterocycles. The van der Waals surface area contributed by atoms with Gasteiger partial charge in [-0.3, -0.25) is 4.98 Å². The SMILES string of the molecule is CC(O)CCC/C=C/c1ccc2cc(-c3ccc(O)c(F)c3)ncc2c1. The van der Waals surface area contributed by atoms with Crippen molar-refractivity contribution in [2.75, 3.05) is 0 Å². The van der Waals surface area contributed by atoms with Crippen LogP contribution in [0.2, 0.25) is 0 Å². The van der Waals surface area contributed by atoms with Gasteiger partial charge in [0.1, 0.15) is 0 Å². The van der Waals surface area contributed by atoms with Gasteiger partial charge in [0.25, 0.3) is 0 Å². The molecule has 4 heteroatoms. The molecule has 0 radical (unpaired) electrons. The summed E-state index contributed by atoms with van der Waals surface area (Å²) >= 11 is 0. The van der Waals surface area contributed by atoms with Crippen molar-refractivity contribution in [2.45, 2.75) is 32.3 Å². The number of pyridine rings is 1. The number of unbranched alkanes of at least 4 members (excludes halogenated alkanes) is 1. The third-order valence-electron chi connectivity index (χ3n) is 4.29. The molecule has 0 aliphatic rings. The Morgan fingerprint density at radius 1 is 1.12 bits per heavy atom. The van der Waals surface area contributed by atoms with Crippen LogP contribution in [0.1, 0.15) is 31.7 Å². The molecule has 0 aliphatic carbocycles. The Morgan fingerprint density at radius 3 is 2.73 bits per heavy atom. The predicted molar refractivity (Wildman–Crippen MR) is 103 cm³/mol. The number of phenols is 1. The van der Waals surface area contributed by atoms with Crippen molar-refractivity contribution in [2.24, 2.45) is 0 Å². The highest BCUT2D eigenvalue weighted by Gasteiger charge is 2.06. The number of allylic oxidation sites excluding steroid dienone is 1. The van der Waals surface area contributed by atoms with E-state index in [1.54, 1.807) is 19.2 Å². The third-order valence-corrected chi connectivity index (χ3v) is 4.29. The highest BCUT2D eigenvalue weighted by molar-refractivity contribution is 5.87. The number of phenolic OH excluding ortho intramolecular Hbond substituents is 1. The fourth-order valence-electron chi connectivity index (χ4n) is 2.84. The molecule has 0 saturated heterocycles. The van der Waals surface area contributed by atoms with Crippen LogP contribution in [0.5, 0.6) is 5.75 Å². The largest absolute Gasteiger partial charge is 0.505 e. The van der Waals surface area contributed by atoms with E-state index in [0.29, 0.717) is 11.3 Å². The summed E-state index contributed by atoms with van der Waals surface area (Å²) in [5.41, 5.74) is 2.39. The van der Waals surface area contributed by atoms with Crippen molar-refractivity contribution >= 4 is 16.8 Å². The molecule has 2 N–H and O–H groups in total. The van der Waals surface area contributed by atoms with Crippen molar-refractivity contribution in [3.63, 3.8) is 0 Å². The highest BCUT2D eigenvalue weighted by atomic mass is 19.1. The van der Waals surface area contributed by atoms with Crippen molar-refractivity contribution in [3.05, 3.63) is 66.1 Å². The Kier molecular flexibility index (Phi) is 5.64. The first-order valence-corrected chi connectivity index (χ1v) is 8.76. The average Bonchev–Trinajstić information content (AvgIpc) is 2.63. The number of benzene rings is 2. The number of rotatable bonds is 6. The van der Waals surface area contributed by atoms with Gasteiger partial charge in [-0.25, -0.2) is 4.39 Å². The molecule has 134 valence electrons. The van der Waals surface area contributed by atoms with Gasteiger partial charge in [-0.2, -0.15) is 0 Å². The van der Waals surface area contributed by atoms with Crippen LogP contribution < -0.4 is 0 Å². The van der Waals surface area contributed by atoms with Crippen LogP contribution in [0.15, 0.2) is 54.7 Å².